The van der Waals surface area contributed by atoms with Gasteiger partial charge in [-0.3, -0.25) is 0 Å². The van der Waals surface area contributed by atoms with Crippen LogP contribution in [-0.2, 0) is 0 Å². The van der Waals surface area contributed by atoms with Gasteiger partial charge in [0.15, 0.2) is 0 Å². The van der Waals surface area contributed by atoms with Crippen LogP contribution in [0.25, 0.3) is 86.2 Å². The number of anilines is 3. The molecule has 58 heavy (non-hydrogen) atoms. The van der Waals surface area contributed by atoms with Crippen LogP contribution >= 0.6 is 11.3 Å². The number of nitrogens with zero attached hydrogens (tertiary/aromatic N) is 1. The molecule has 11 aromatic rings. The zero-order valence-electron chi connectivity index (χ0n) is 31.7. The second kappa shape index (κ2) is 14.4. The van der Waals surface area contributed by atoms with Crippen LogP contribution in [0.5, 0.6) is 0 Å². The van der Waals surface area contributed by atoms with Crippen molar-refractivity contribution >= 4 is 70.1 Å². The Morgan fingerprint density at radius 3 is 1.45 bits per heavy atom. The Hall–Kier alpha value is -7.26. The number of hydrogen-bond donors (Lipinski definition) is 0. The molecule has 0 aliphatic heterocycles. The lowest BCUT2D eigenvalue weighted by atomic mass is 9.95. The molecule has 0 aliphatic carbocycles. The Morgan fingerprint density at radius 1 is 0.276 bits per heavy atom. The molecule has 0 fully saturated rings. The highest BCUT2D eigenvalue weighted by molar-refractivity contribution is 7.27. The second-order valence-corrected chi connectivity index (χ2v) is 15.9. The Kier molecular flexibility index (Phi) is 8.42. The van der Waals surface area contributed by atoms with E-state index in [0.717, 1.165) is 11.4 Å². The van der Waals surface area contributed by atoms with E-state index in [-0.39, 0.29) is 0 Å². The van der Waals surface area contributed by atoms with Gasteiger partial charge in [0.05, 0.1) is 10.4 Å². The van der Waals surface area contributed by atoms with Gasteiger partial charge in [-0.05, 0) is 102 Å². The predicted octanol–water partition coefficient (Wildman–Crippen LogP) is 16.5. The van der Waals surface area contributed by atoms with Gasteiger partial charge >= 0.3 is 0 Å². The molecular weight excluding hydrogens is 719 g/mol. The summed E-state index contributed by atoms with van der Waals surface area (Å²) in [5.41, 5.74) is 13.2. The first-order valence-electron chi connectivity index (χ1n) is 19.8. The normalized spacial score (nSPS) is 11.4. The van der Waals surface area contributed by atoms with E-state index < -0.39 is 0 Å². The maximum atomic E-state index is 2.43. The number of benzene rings is 10. The zero-order chi connectivity index (χ0) is 38.4. The van der Waals surface area contributed by atoms with Crippen LogP contribution in [0.1, 0.15) is 0 Å². The Balaban J connectivity index is 1.04. The molecule has 1 nitrogen and oxygen atoms in total. The third kappa shape index (κ3) is 5.94. The fourth-order valence-electron chi connectivity index (χ4n) is 8.66. The van der Waals surface area contributed by atoms with Gasteiger partial charge in [0.25, 0.3) is 0 Å². The molecule has 2 heteroatoms. The molecule has 0 saturated carbocycles. The molecule has 0 N–H and O–H groups in total. The molecule has 0 radical (unpaired) electrons. The average Bonchev–Trinajstić information content (AvgIpc) is 3.69. The molecule has 0 unspecified atom stereocenters. The highest BCUT2D eigenvalue weighted by atomic mass is 32.1. The summed E-state index contributed by atoms with van der Waals surface area (Å²) in [5, 5.41) is 7.58. The molecule has 0 saturated heterocycles. The monoisotopic (exact) mass is 755 g/mol. The van der Waals surface area contributed by atoms with Crippen molar-refractivity contribution in [3.05, 3.63) is 224 Å². The van der Waals surface area contributed by atoms with Gasteiger partial charge in [-0.2, -0.15) is 0 Å². The summed E-state index contributed by atoms with van der Waals surface area (Å²) in [7, 11) is 0. The summed E-state index contributed by atoms with van der Waals surface area (Å²) >= 11 is 1.89. The lowest BCUT2D eigenvalue weighted by Crippen LogP contribution is -2.10. The zero-order valence-corrected chi connectivity index (χ0v) is 32.5. The fraction of sp³-hybridized carbons (Fsp3) is 0. The molecular formula is C56H37NS. The largest absolute Gasteiger partial charge is 0.309 e. The van der Waals surface area contributed by atoms with E-state index in [9.17, 15) is 0 Å². The van der Waals surface area contributed by atoms with Crippen LogP contribution in [0.2, 0.25) is 0 Å². The van der Waals surface area contributed by atoms with Crippen molar-refractivity contribution < 1.29 is 0 Å². The highest BCUT2D eigenvalue weighted by Gasteiger charge is 2.20. The Morgan fingerprint density at radius 2 is 0.741 bits per heavy atom. The van der Waals surface area contributed by atoms with Crippen molar-refractivity contribution in [1.82, 2.24) is 0 Å². The van der Waals surface area contributed by atoms with Crippen LogP contribution in [0.3, 0.4) is 0 Å². The molecule has 11 rings (SSSR count). The molecule has 1 heterocycles. The maximum Gasteiger partial charge on any atom is 0.0640 e. The topological polar surface area (TPSA) is 3.24 Å². The van der Waals surface area contributed by atoms with E-state index in [0.29, 0.717) is 0 Å². The van der Waals surface area contributed by atoms with Crippen molar-refractivity contribution in [3.63, 3.8) is 0 Å². The summed E-state index contributed by atoms with van der Waals surface area (Å²) in [6.07, 6.45) is 0. The second-order valence-electron chi connectivity index (χ2n) is 14.9. The predicted molar refractivity (Wildman–Crippen MR) is 251 cm³/mol. The van der Waals surface area contributed by atoms with E-state index in [1.54, 1.807) is 0 Å². The lowest BCUT2D eigenvalue weighted by molar-refractivity contribution is 1.30. The van der Waals surface area contributed by atoms with Crippen LogP contribution in [0, 0.1) is 0 Å². The fourth-order valence-corrected chi connectivity index (χ4v) is 10.00. The highest BCUT2D eigenvalue weighted by Crippen LogP contribution is 2.47. The SMILES string of the molecule is c1ccc(-c2cccc3cc(-c4ccc(N(c5ccc(-c6cccc7ccccc67)cc5)c5cccc6c5sc5c(-c7ccccc7)cccc56)cc4)ccc23)cc1. The number of hydrogen-bond acceptors (Lipinski definition) is 2. The van der Waals surface area contributed by atoms with Gasteiger partial charge in [0, 0.05) is 26.8 Å². The first-order valence-corrected chi connectivity index (χ1v) is 20.7. The molecule has 10 aromatic carbocycles. The van der Waals surface area contributed by atoms with Gasteiger partial charge < -0.3 is 4.90 Å². The van der Waals surface area contributed by atoms with Crippen molar-refractivity contribution in [2.24, 2.45) is 0 Å². The van der Waals surface area contributed by atoms with Crippen LogP contribution in [-0.4, -0.2) is 0 Å². The van der Waals surface area contributed by atoms with Crippen molar-refractivity contribution in [3.8, 4) is 44.5 Å². The Labute approximate surface area is 342 Å². The first-order chi connectivity index (χ1) is 28.8. The maximum absolute atomic E-state index is 2.43. The third-order valence-electron chi connectivity index (χ3n) is 11.5. The van der Waals surface area contributed by atoms with Gasteiger partial charge in [0.2, 0.25) is 0 Å². The summed E-state index contributed by atoms with van der Waals surface area (Å²) < 4.78 is 2.58. The summed E-state index contributed by atoms with van der Waals surface area (Å²) in [6.45, 7) is 0. The number of fused-ring (bicyclic) bond motifs is 5. The number of rotatable bonds is 7. The van der Waals surface area contributed by atoms with Gasteiger partial charge in [-0.25, -0.2) is 0 Å². The van der Waals surface area contributed by atoms with Crippen molar-refractivity contribution in [2.45, 2.75) is 0 Å². The minimum Gasteiger partial charge on any atom is -0.309 e. The van der Waals surface area contributed by atoms with Crippen LogP contribution in [0.4, 0.5) is 17.1 Å². The molecule has 0 atom stereocenters. The molecule has 0 spiro atoms. The van der Waals surface area contributed by atoms with Crippen LogP contribution < -0.4 is 4.90 Å². The molecule has 272 valence electrons. The minimum absolute atomic E-state index is 1.11. The summed E-state index contributed by atoms with van der Waals surface area (Å²) in [4.78, 5) is 2.43. The standard InChI is InChI=1S/C56H37NS/c1-3-13-39(14-4-1)48-22-10-19-44-37-43(31-36-50(44)48)38-27-32-45(33-28-38)57(46-34-29-42(30-35-46)49-21-9-18-40-17-7-8-20-47(40)49)54-26-12-25-53-52-24-11-23-51(55(52)58-56(53)54)41-15-5-2-6-16-41/h1-37H. The van der Waals surface area contributed by atoms with E-state index in [1.807, 2.05) is 11.3 Å². The van der Waals surface area contributed by atoms with Gasteiger partial charge in [-0.15, -0.1) is 11.3 Å². The quantitative estimate of drug-likeness (QED) is 0.157. The molecule has 0 bridgehead atoms. The minimum atomic E-state index is 1.11. The average molecular weight is 756 g/mol. The summed E-state index contributed by atoms with van der Waals surface area (Å²) in [6, 6.07) is 81.8. The smallest absolute Gasteiger partial charge is 0.0640 e. The third-order valence-corrected chi connectivity index (χ3v) is 12.8. The van der Waals surface area contributed by atoms with Gasteiger partial charge in [-0.1, -0.05) is 188 Å². The first kappa shape index (κ1) is 34.0. The lowest BCUT2D eigenvalue weighted by Gasteiger charge is -2.26. The molecule has 1 aromatic heterocycles. The Bertz CT molecular complexity index is 3250. The van der Waals surface area contributed by atoms with Crippen molar-refractivity contribution in [2.75, 3.05) is 4.90 Å². The van der Waals surface area contributed by atoms with Crippen molar-refractivity contribution in [1.29, 1.82) is 0 Å². The van der Waals surface area contributed by atoms with Gasteiger partial charge in [0.1, 0.15) is 0 Å². The van der Waals surface area contributed by atoms with E-state index >= 15 is 0 Å². The molecule has 0 aliphatic rings. The van der Waals surface area contributed by atoms with Crippen LogP contribution in [0.15, 0.2) is 224 Å². The number of thiophene rings is 1. The van der Waals surface area contributed by atoms with E-state index in [4.69, 9.17) is 0 Å². The molecule has 0 amide bonds. The van der Waals surface area contributed by atoms with E-state index in [1.165, 1.54) is 91.9 Å². The van der Waals surface area contributed by atoms with E-state index in [2.05, 4.69) is 229 Å². The summed E-state index contributed by atoms with van der Waals surface area (Å²) in [5.74, 6) is 0.